The van der Waals surface area contributed by atoms with E-state index in [9.17, 15) is 9.59 Å². The van der Waals surface area contributed by atoms with E-state index in [-0.39, 0.29) is 17.7 Å². The summed E-state index contributed by atoms with van der Waals surface area (Å²) in [6.45, 7) is 0.388. The molecule has 3 N–H and O–H groups in total. The Morgan fingerprint density at radius 1 is 1.00 bits per heavy atom. The van der Waals surface area contributed by atoms with Gasteiger partial charge in [0.25, 0.3) is 0 Å². The van der Waals surface area contributed by atoms with Crippen molar-refractivity contribution in [1.29, 1.82) is 0 Å². The summed E-state index contributed by atoms with van der Waals surface area (Å²) in [5.41, 5.74) is 1.77. The highest BCUT2D eigenvalue weighted by molar-refractivity contribution is 5.89. The number of carbonyl (C=O) groups is 2. The first-order valence-corrected chi connectivity index (χ1v) is 9.11. The van der Waals surface area contributed by atoms with Gasteiger partial charge in [0.05, 0.1) is 17.4 Å². The first kappa shape index (κ1) is 19.9. The molecule has 0 saturated carbocycles. The molecule has 0 bridgehead atoms. The molecule has 1 unspecified atom stereocenters. The van der Waals surface area contributed by atoms with E-state index < -0.39 is 5.97 Å². The molecular formula is C22H21N3O4. The first-order chi connectivity index (χ1) is 14.1. The van der Waals surface area contributed by atoms with E-state index in [1.807, 2.05) is 30.3 Å². The number of aromatic nitrogens is 1. The fourth-order valence-electron chi connectivity index (χ4n) is 2.73. The highest BCUT2D eigenvalue weighted by atomic mass is 16.5. The molecule has 148 valence electrons. The molecule has 0 aliphatic carbocycles. The molecule has 2 amide bonds. The van der Waals surface area contributed by atoms with E-state index in [2.05, 4.69) is 15.6 Å². The predicted octanol–water partition coefficient (Wildman–Crippen LogP) is 4.11. The zero-order chi connectivity index (χ0) is 20.5. The van der Waals surface area contributed by atoms with E-state index in [0.29, 0.717) is 24.4 Å². The van der Waals surface area contributed by atoms with Crippen LogP contribution in [0.25, 0.3) is 0 Å². The zero-order valence-corrected chi connectivity index (χ0v) is 15.6. The first-order valence-electron chi connectivity index (χ1n) is 9.11. The Morgan fingerprint density at radius 3 is 2.41 bits per heavy atom. The second-order valence-electron chi connectivity index (χ2n) is 6.26. The van der Waals surface area contributed by atoms with Crippen LogP contribution in [-0.2, 0) is 0 Å². The third kappa shape index (κ3) is 6.07. The van der Waals surface area contributed by atoms with Crippen molar-refractivity contribution >= 4 is 17.7 Å². The van der Waals surface area contributed by atoms with E-state index >= 15 is 0 Å². The Labute approximate surface area is 168 Å². The summed E-state index contributed by atoms with van der Waals surface area (Å²) < 4.78 is 6.06. The summed E-state index contributed by atoms with van der Waals surface area (Å²) in [7, 11) is 0. The number of urea groups is 1. The van der Waals surface area contributed by atoms with Gasteiger partial charge in [-0.3, -0.25) is 4.98 Å². The van der Waals surface area contributed by atoms with Crippen LogP contribution in [0.15, 0.2) is 79.1 Å². The number of rotatable bonds is 8. The second kappa shape index (κ2) is 9.89. The Bertz CT molecular complexity index is 931. The van der Waals surface area contributed by atoms with E-state index in [4.69, 9.17) is 9.84 Å². The lowest BCUT2D eigenvalue weighted by molar-refractivity contribution is 0.0697. The molecule has 2 aromatic carbocycles. The van der Waals surface area contributed by atoms with Gasteiger partial charge in [-0.2, -0.15) is 0 Å². The van der Waals surface area contributed by atoms with Crippen LogP contribution in [0, 0.1) is 0 Å². The minimum Gasteiger partial charge on any atom is -0.486 e. The molecule has 0 aliphatic rings. The molecule has 3 rings (SSSR count). The largest absolute Gasteiger partial charge is 0.486 e. The van der Waals surface area contributed by atoms with Gasteiger partial charge < -0.3 is 20.5 Å². The normalized spacial score (nSPS) is 11.3. The lowest BCUT2D eigenvalue weighted by atomic mass is 10.1. The third-order valence-electron chi connectivity index (χ3n) is 4.16. The van der Waals surface area contributed by atoms with Crippen molar-refractivity contribution in [1.82, 2.24) is 10.3 Å². The van der Waals surface area contributed by atoms with Crippen molar-refractivity contribution in [3.63, 3.8) is 0 Å². The molecule has 1 atom stereocenters. The number of benzene rings is 2. The zero-order valence-electron chi connectivity index (χ0n) is 15.6. The molecule has 0 radical (unpaired) electrons. The average molecular weight is 391 g/mol. The third-order valence-corrected chi connectivity index (χ3v) is 4.16. The van der Waals surface area contributed by atoms with E-state index in [0.717, 1.165) is 5.56 Å². The van der Waals surface area contributed by atoms with E-state index in [1.54, 1.807) is 36.7 Å². The SMILES string of the molecule is O=C(NCCC(Oc1ccc(C(=O)O)cc1)c1ccccc1)Nc1cccnc1. The molecule has 0 fully saturated rings. The minimum absolute atomic E-state index is 0.197. The van der Waals surface area contributed by atoms with Gasteiger partial charge in [0.2, 0.25) is 0 Å². The van der Waals surface area contributed by atoms with Crippen molar-refractivity contribution in [3.8, 4) is 5.75 Å². The molecule has 0 spiro atoms. The van der Waals surface area contributed by atoms with Gasteiger partial charge in [0.1, 0.15) is 11.9 Å². The van der Waals surface area contributed by atoms with Crippen LogP contribution >= 0.6 is 0 Å². The van der Waals surface area contributed by atoms with Crippen LogP contribution in [0.4, 0.5) is 10.5 Å². The lowest BCUT2D eigenvalue weighted by Crippen LogP contribution is -2.30. The summed E-state index contributed by atoms with van der Waals surface area (Å²) >= 11 is 0. The monoisotopic (exact) mass is 391 g/mol. The number of aromatic carboxylic acids is 1. The number of ether oxygens (including phenoxy) is 1. The van der Waals surface area contributed by atoms with Gasteiger partial charge >= 0.3 is 12.0 Å². The number of nitrogens with one attached hydrogen (secondary N) is 2. The summed E-state index contributed by atoms with van der Waals surface area (Å²) in [4.78, 5) is 27.0. The van der Waals surface area contributed by atoms with Gasteiger partial charge in [0.15, 0.2) is 0 Å². The summed E-state index contributed by atoms with van der Waals surface area (Å²) in [6.07, 6.45) is 3.43. The maximum absolute atomic E-state index is 12.0. The number of carboxylic acids is 1. The number of amides is 2. The summed E-state index contributed by atoms with van der Waals surface area (Å²) in [5.74, 6) is -0.427. The van der Waals surface area contributed by atoms with Crippen molar-refractivity contribution in [2.24, 2.45) is 0 Å². The number of nitrogens with zero attached hydrogens (tertiary/aromatic N) is 1. The fourth-order valence-corrected chi connectivity index (χ4v) is 2.73. The van der Waals surface area contributed by atoms with Crippen LogP contribution in [0.3, 0.4) is 0 Å². The topological polar surface area (TPSA) is 101 Å². The smallest absolute Gasteiger partial charge is 0.335 e. The fraction of sp³-hybridized carbons (Fsp3) is 0.136. The molecule has 7 heteroatoms. The number of hydrogen-bond donors (Lipinski definition) is 3. The maximum Gasteiger partial charge on any atom is 0.335 e. The average Bonchev–Trinajstić information content (AvgIpc) is 2.75. The highest BCUT2D eigenvalue weighted by Crippen LogP contribution is 2.25. The van der Waals surface area contributed by atoms with Crippen LogP contribution < -0.4 is 15.4 Å². The van der Waals surface area contributed by atoms with Crippen LogP contribution in [-0.4, -0.2) is 28.6 Å². The number of carbonyl (C=O) groups excluding carboxylic acids is 1. The van der Waals surface area contributed by atoms with Crippen LogP contribution in [0.5, 0.6) is 5.75 Å². The molecule has 0 aliphatic heterocycles. The molecule has 0 saturated heterocycles. The Kier molecular flexibility index (Phi) is 6.78. The Hall–Kier alpha value is -3.87. The second-order valence-corrected chi connectivity index (χ2v) is 6.26. The van der Waals surface area contributed by atoms with Gasteiger partial charge in [-0.15, -0.1) is 0 Å². The van der Waals surface area contributed by atoms with Crippen molar-refractivity contribution in [2.75, 3.05) is 11.9 Å². The molecule has 1 aromatic heterocycles. The number of anilines is 1. The molecule has 7 nitrogen and oxygen atoms in total. The van der Waals surface area contributed by atoms with Crippen molar-refractivity contribution in [2.45, 2.75) is 12.5 Å². The quantitative estimate of drug-likeness (QED) is 0.536. The number of hydrogen-bond acceptors (Lipinski definition) is 4. The van der Waals surface area contributed by atoms with Gasteiger partial charge in [0, 0.05) is 19.2 Å². The highest BCUT2D eigenvalue weighted by Gasteiger charge is 2.14. The molecule has 3 aromatic rings. The van der Waals surface area contributed by atoms with Crippen molar-refractivity contribution < 1.29 is 19.4 Å². The summed E-state index contributed by atoms with van der Waals surface area (Å²) in [5, 5.41) is 14.5. The van der Waals surface area contributed by atoms with Gasteiger partial charge in [-0.25, -0.2) is 9.59 Å². The van der Waals surface area contributed by atoms with Crippen molar-refractivity contribution in [3.05, 3.63) is 90.3 Å². The minimum atomic E-state index is -0.986. The van der Waals surface area contributed by atoms with Crippen LogP contribution in [0.2, 0.25) is 0 Å². The molecular weight excluding hydrogens is 370 g/mol. The van der Waals surface area contributed by atoms with E-state index in [1.165, 1.54) is 12.1 Å². The Balaban J connectivity index is 1.60. The number of pyridine rings is 1. The standard InChI is InChI=1S/C22H21N3O4/c26-21(27)17-8-10-19(11-9-17)29-20(16-5-2-1-3-6-16)12-14-24-22(28)25-18-7-4-13-23-15-18/h1-11,13,15,20H,12,14H2,(H,26,27)(H2,24,25,28). The van der Waals surface area contributed by atoms with Crippen LogP contribution in [0.1, 0.15) is 28.4 Å². The maximum atomic E-state index is 12.0. The lowest BCUT2D eigenvalue weighted by Gasteiger charge is -2.20. The van der Waals surface area contributed by atoms with Gasteiger partial charge in [-0.05, 0) is 42.0 Å². The summed E-state index contributed by atoms with van der Waals surface area (Å²) in [6, 6.07) is 19.1. The predicted molar refractivity (Wildman–Crippen MR) is 109 cm³/mol. The number of carboxylic acid groups (broad SMARTS) is 1. The molecule has 29 heavy (non-hydrogen) atoms. The van der Waals surface area contributed by atoms with Gasteiger partial charge in [-0.1, -0.05) is 30.3 Å². The Morgan fingerprint density at radius 2 is 1.76 bits per heavy atom. The molecule has 1 heterocycles.